The van der Waals surface area contributed by atoms with Gasteiger partial charge in [-0.15, -0.1) is 5.10 Å². The van der Waals surface area contributed by atoms with Gasteiger partial charge in [0.05, 0.1) is 29.6 Å². The largest absolute Gasteiger partial charge is 0.497 e. The van der Waals surface area contributed by atoms with Crippen molar-refractivity contribution in [1.82, 2.24) is 25.3 Å². The van der Waals surface area contributed by atoms with Crippen molar-refractivity contribution in [1.29, 1.82) is 0 Å². The zero-order valence-corrected chi connectivity index (χ0v) is 21.3. The molecule has 1 saturated heterocycles. The summed E-state index contributed by atoms with van der Waals surface area (Å²) in [6.45, 7) is 8.10. The Morgan fingerprint density at radius 2 is 1.81 bits per heavy atom. The highest BCUT2D eigenvalue weighted by Gasteiger charge is 2.28. The van der Waals surface area contributed by atoms with E-state index in [1.165, 1.54) is 5.56 Å². The third kappa shape index (κ3) is 4.63. The van der Waals surface area contributed by atoms with Gasteiger partial charge in [-0.05, 0) is 63.4 Å². The second-order valence-corrected chi connectivity index (χ2v) is 9.50. The third-order valence-electron chi connectivity index (χ3n) is 7.03. The Balaban J connectivity index is 1.30. The van der Waals surface area contributed by atoms with Crippen LogP contribution in [0.2, 0.25) is 0 Å². The Kier molecular flexibility index (Phi) is 6.59. The molecule has 0 unspecified atom stereocenters. The zero-order chi connectivity index (χ0) is 25.2. The minimum atomic E-state index is -0.0207. The lowest BCUT2D eigenvalue weighted by Gasteiger charge is -2.32. The van der Waals surface area contributed by atoms with Gasteiger partial charge >= 0.3 is 0 Å². The molecule has 0 spiro atoms. The zero-order valence-electron chi connectivity index (χ0n) is 21.3. The molecule has 5 rings (SSSR count). The number of methoxy groups -OCH3 is 1. The van der Waals surface area contributed by atoms with Gasteiger partial charge in [0.25, 0.3) is 0 Å². The van der Waals surface area contributed by atoms with Crippen molar-refractivity contribution in [3.05, 3.63) is 71.0 Å². The van der Waals surface area contributed by atoms with Crippen LogP contribution in [0.25, 0.3) is 16.6 Å². The van der Waals surface area contributed by atoms with Crippen molar-refractivity contribution in [3.8, 4) is 11.4 Å². The number of carbonyl (C=O) groups is 1. The number of aromatic nitrogens is 4. The fourth-order valence-electron chi connectivity index (χ4n) is 4.93. The van der Waals surface area contributed by atoms with E-state index in [-0.39, 0.29) is 11.8 Å². The van der Waals surface area contributed by atoms with E-state index in [2.05, 4.69) is 58.5 Å². The number of hydrogen-bond acceptors (Lipinski definition) is 6. The molecule has 1 amide bonds. The van der Waals surface area contributed by atoms with E-state index >= 15 is 0 Å². The van der Waals surface area contributed by atoms with Crippen molar-refractivity contribution in [2.45, 2.75) is 40.2 Å². The molecule has 8 heteroatoms. The van der Waals surface area contributed by atoms with Gasteiger partial charge in [-0.3, -0.25) is 4.79 Å². The standard InChI is InChI=1S/C28H32N6O2/c1-18-8-10-23(11-9-18)34-20(3)25-19(2)30-31-27(26(25)32-34)33-14-12-22(13-15-33)28(35)29-17-21-6-5-7-24(16-21)36-4/h5-11,16,22H,12-15,17H2,1-4H3,(H,29,35). The van der Waals surface area contributed by atoms with Crippen molar-refractivity contribution in [2.24, 2.45) is 5.92 Å². The molecule has 0 aliphatic carbocycles. The number of amides is 1. The molecule has 1 aliphatic rings. The fourth-order valence-corrected chi connectivity index (χ4v) is 4.93. The molecule has 1 aliphatic heterocycles. The maximum atomic E-state index is 12.9. The minimum Gasteiger partial charge on any atom is -0.497 e. The van der Waals surface area contributed by atoms with Crippen molar-refractivity contribution >= 4 is 22.6 Å². The van der Waals surface area contributed by atoms with E-state index in [0.717, 1.165) is 71.0 Å². The topological polar surface area (TPSA) is 85.2 Å². The van der Waals surface area contributed by atoms with E-state index in [0.29, 0.717) is 6.54 Å². The summed E-state index contributed by atoms with van der Waals surface area (Å²) in [5.41, 5.74) is 6.04. The summed E-state index contributed by atoms with van der Waals surface area (Å²) in [5.74, 6) is 1.66. The highest BCUT2D eigenvalue weighted by Crippen LogP contribution is 2.31. The van der Waals surface area contributed by atoms with Crippen LogP contribution in [0.4, 0.5) is 5.82 Å². The summed E-state index contributed by atoms with van der Waals surface area (Å²) in [6.07, 6.45) is 1.53. The summed E-state index contributed by atoms with van der Waals surface area (Å²) >= 11 is 0. The number of nitrogens with one attached hydrogen (secondary N) is 1. The van der Waals surface area contributed by atoms with E-state index in [9.17, 15) is 4.79 Å². The van der Waals surface area contributed by atoms with Crippen molar-refractivity contribution in [3.63, 3.8) is 0 Å². The molecule has 4 aromatic rings. The molecule has 186 valence electrons. The van der Waals surface area contributed by atoms with Gasteiger partial charge in [0.1, 0.15) is 11.3 Å². The fraction of sp³-hybridized carbons (Fsp3) is 0.357. The van der Waals surface area contributed by atoms with E-state index < -0.39 is 0 Å². The van der Waals surface area contributed by atoms with Crippen LogP contribution in [0, 0.1) is 26.7 Å². The highest BCUT2D eigenvalue weighted by atomic mass is 16.5. The first-order valence-electron chi connectivity index (χ1n) is 12.4. The van der Waals surface area contributed by atoms with Crippen LogP contribution in [-0.4, -0.2) is 46.1 Å². The van der Waals surface area contributed by atoms with Crippen LogP contribution in [0.3, 0.4) is 0 Å². The molecule has 36 heavy (non-hydrogen) atoms. The predicted molar refractivity (Wildman–Crippen MR) is 141 cm³/mol. The first-order valence-corrected chi connectivity index (χ1v) is 12.4. The molecule has 0 atom stereocenters. The maximum absolute atomic E-state index is 12.9. The average Bonchev–Trinajstić information content (AvgIpc) is 3.26. The number of anilines is 1. The molecule has 3 heterocycles. The van der Waals surface area contributed by atoms with Gasteiger partial charge in [-0.25, -0.2) is 4.68 Å². The van der Waals surface area contributed by atoms with Crippen molar-refractivity contribution < 1.29 is 9.53 Å². The maximum Gasteiger partial charge on any atom is 0.223 e. The Morgan fingerprint density at radius 1 is 1.06 bits per heavy atom. The first kappa shape index (κ1) is 23.8. The lowest BCUT2D eigenvalue weighted by Crippen LogP contribution is -2.40. The summed E-state index contributed by atoms with van der Waals surface area (Å²) in [5, 5.41) is 18.1. The van der Waals surface area contributed by atoms with Crippen molar-refractivity contribution in [2.75, 3.05) is 25.1 Å². The van der Waals surface area contributed by atoms with Crippen LogP contribution in [-0.2, 0) is 11.3 Å². The van der Waals surface area contributed by atoms with E-state index in [1.54, 1.807) is 7.11 Å². The van der Waals surface area contributed by atoms with Crippen LogP contribution in [0.15, 0.2) is 48.5 Å². The molecule has 1 N–H and O–H groups in total. The quantitative estimate of drug-likeness (QED) is 0.440. The van der Waals surface area contributed by atoms with E-state index in [1.807, 2.05) is 35.9 Å². The van der Waals surface area contributed by atoms with Crippen LogP contribution < -0.4 is 15.0 Å². The predicted octanol–water partition coefficient (Wildman–Crippen LogP) is 4.28. The molecule has 0 radical (unpaired) electrons. The second-order valence-electron chi connectivity index (χ2n) is 9.50. The summed E-state index contributed by atoms with van der Waals surface area (Å²) in [4.78, 5) is 15.1. The number of piperidine rings is 1. The average molecular weight is 485 g/mol. The summed E-state index contributed by atoms with van der Waals surface area (Å²) < 4.78 is 7.25. The molecule has 1 fully saturated rings. The third-order valence-corrected chi connectivity index (χ3v) is 7.03. The van der Waals surface area contributed by atoms with Gasteiger partial charge < -0.3 is 15.0 Å². The number of fused-ring (bicyclic) bond motifs is 1. The number of hydrogen-bond donors (Lipinski definition) is 1. The monoisotopic (exact) mass is 484 g/mol. The number of benzene rings is 2. The molecule has 2 aromatic heterocycles. The van der Waals surface area contributed by atoms with Gasteiger partial charge in [-0.2, -0.15) is 10.2 Å². The number of nitrogens with zero attached hydrogens (tertiary/aromatic N) is 5. The van der Waals surface area contributed by atoms with E-state index in [4.69, 9.17) is 9.84 Å². The van der Waals surface area contributed by atoms with Gasteiger partial charge in [-0.1, -0.05) is 29.8 Å². The Hall–Kier alpha value is -3.94. The highest BCUT2D eigenvalue weighted by molar-refractivity contribution is 5.92. The smallest absolute Gasteiger partial charge is 0.223 e. The minimum absolute atomic E-state index is 0.0207. The molecule has 0 bridgehead atoms. The Morgan fingerprint density at radius 3 is 2.53 bits per heavy atom. The van der Waals surface area contributed by atoms with Gasteiger partial charge in [0, 0.05) is 25.6 Å². The Bertz CT molecular complexity index is 1390. The SMILES string of the molecule is COc1cccc(CNC(=O)C2CCN(c3nnc(C)c4c(C)n(-c5ccc(C)cc5)nc34)CC2)c1. The second kappa shape index (κ2) is 9.97. The summed E-state index contributed by atoms with van der Waals surface area (Å²) in [7, 11) is 1.64. The van der Waals surface area contributed by atoms with Crippen LogP contribution >= 0.6 is 0 Å². The first-order chi connectivity index (χ1) is 17.4. The normalized spacial score (nSPS) is 14.3. The number of ether oxygens (including phenoxy) is 1. The molecule has 0 saturated carbocycles. The number of carbonyl (C=O) groups excluding carboxylic acids is 1. The lowest BCUT2D eigenvalue weighted by molar-refractivity contribution is -0.125. The molecular formula is C28H32N6O2. The molecule has 2 aromatic carbocycles. The summed E-state index contributed by atoms with van der Waals surface area (Å²) in [6, 6.07) is 16.1. The molecular weight excluding hydrogens is 452 g/mol. The number of aryl methyl sites for hydroxylation is 3. The molecule has 8 nitrogen and oxygen atoms in total. The number of rotatable bonds is 6. The van der Waals surface area contributed by atoms with Crippen LogP contribution in [0.5, 0.6) is 5.75 Å². The van der Waals surface area contributed by atoms with Gasteiger partial charge in [0.2, 0.25) is 5.91 Å². The van der Waals surface area contributed by atoms with Crippen LogP contribution in [0.1, 0.15) is 35.4 Å². The van der Waals surface area contributed by atoms with Gasteiger partial charge in [0.15, 0.2) is 5.82 Å². The lowest BCUT2D eigenvalue weighted by atomic mass is 9.95. The Labute approximate surface area is 211 Å².